The van der Waals surface area contributed by atoms with Crippen molar-refractivity contribution >= 4 is 5.69 Å². The Balaban J connectivity index is 2.54. The smallest absolute Gasteiger partial charge is 0.0440 e. The van der Waals surface area contributed by atoms with Crippen molar-refractivity contribution in [3.63, 3.8) is 0 Å². The number of rotatable bonds is 9. The van der Waals surface area contributed by atoms with Gasteiger partial charge in [-0.2, -0.15) is 0 Å². The maximum atomic E-state index is 4.26. The average molecular weight is 278 g/mol. The Bertz CT molecular complexity index is 376. The summed E-state index contributed by atoms with van der Waals surface area (Å²) in [4.78, 5) is 8.82. The van der Waals surface area contributed by atoms with Gasteiger partial charge < -0.3 is 15.1 Å². The first-order valence-corrected chi connectivity index (χ1v) is 7.50. The molecule has 4 heteroatoms. The number of pyridine rings is 1. The zero-order valence-corrected chi connectivity index (χ0v) is 13.7. The van der Waals surface area contributed by atoms with Gasteiger partial charge in [-0.15, -0.1) is 0 Å². The minimum absolute atomic E-state index is 0.674. The molecule has 0 fully saturated rings. The maximum Gasteiger partial charge on any atom is 0.0440 e. The van der Waals surface area contributed by atoms with Crippen molar-refractivity contribution in [3.05, 3.63) is 24.0 Å². The lowest BCUT2D eigenvalue weighted by Gasteiger charge is -2.23. The standard InChI is InChI=1S/C16H30N4/c1-14(2)11-18-13-15-12-17-8-7-16(15)20(5)10-6-9-19(3)4/h7-8,12,14,18H,6,9-11,13H2,1-5H3. The first-order chi connectivity index (χ1) is 9.50. The summed E-state index contributed by atoms with van der Waals surface area (Å²) in [6.07, 6.45) is 5.03. The number of aromatic nitrogens is 1. The van der Waals surface area contributed by atoms with E-state index in [1.54, 1.807) is 0 Å². The molecule has 1 N–H and O–H groups in total. The summed E-state index contributed by atoms with van der Waals surface area (Å²) < 4.78 is 0. The molecule has 0 spiro atoms. The van der Waals surface area contributed by atoms with E-state index in [2.05, 4.69) is 61.2 Å². The van der Waals surface area contributed by atoms with Crippen molar-refractivity contribution in [2.45, 2.75) is 26.8 Å². The lowest BCUT2D eigenvalue weighted by atomic mass is 10.2. The topological polar surface area (TPSA) is 31.4 Å². The number of nitrogens with one attached hydrogen (secondary N) is 1. The predicted octanol–water partition coefficient (Wildman–Crippen LogP) is 2.22. The molecule has 0 amide bonds. The van der Waals surface area contributed by atoms with Crippen LogP contribution >= 0.6 is 0 Å². The van der Waals surface area contributed by atoms with E-state index >= 15 is 0 Å². The Morgan fingerprint density at radius 3 is 2.60 bits per heavy atom. The normalized spacial score (nSPS) is 11.3. The first-order valence-electron chi connectivity index (χ1n) is 7.50. The van der Waals surface area contributed by atoms with Crippen LogP contribution in [-0.4, -0.2) is 50.7 Å². The Morgan fingerprint density at radius 2 is 1.95 bits per heavy atom. The third-order valence-corrected chi connectivity index (χ3v) is 3.26. The van der Waals surface area contributed by atoms with Gasteiger partial charge in [0.15, 0.2) is 0 Å². The van der Waals surface area contributed by atoms with Gasteiger partial charge in [-0.1, -0.05) is 13.8 Å². The van der Waals surface area contributed by atoms with Crippen LogP contribution < -0.4 is 10.2 Å². The third-order valence-electron chi connectivity index (χ3n) is 3.26. The molecule has 114 valence electrons. The minimum atomic E-state index is 0.674. The summed E-state index contributed by atoms with van der Waals surface area (Å²) in [5.74, 6) is 0.674. The molecular weight excluding hydrogens is 248 g/mol. The van der Waals surface area contributed by atoms with Gasteiger partial charge in [-0.05, 0) is 45.6 Å². The fourth-order valence-electron chi connectivity index (χ4n) is 2.17. The van der Waals surface area contributed by atoms with Crippen LogP contribution in [0.5, 0.6) is 0 Å². The van der Waals surface area contributed by atoms with Crippen molar-refractivity contribution in [1.82, 2.24) is 15.2 Å². The summed E-state index contributed by atoms with van der Waals surface area (Å²) in [5.41, 5.74) is 2.57. The molecule has 0 aliphatic carbocycles. The summed E-state index contributed by atoms with van der Waals surface area (Å²) in [5, 5.41) is 3.50. The van der Waals surface area contributed by atoms with Gasteiger partial charge in [-0.3, -0.25) is 4.98 Å². The SMILES string of the molecule is CC(C)CNCc1cnccc1N(C)CCCN(C)C. The Morgan fingerprint density at radius 1 is 1.20 bits per heavy atom. The van der Waals surface area contributed by atoms with Crippen LogP contribution in [0.3, 0.4) is 0 Å². The monoisotopic (exact) mass is 278 g/mol. The number of hydrogen-bond acceptors (Lipinski definition) is 4. The quantitative estimate of drug-likeness (QED) is 0.750. The molecule has 1 aromatic heterocycles. The van der Waals surface area contributed by atoms with Crippen LogP contribution in [0, 0.1) is 5.92 Å². The van der Waals surface area contributed by atoms with Crippen LogP contribution in [0.25, 0.3) is 0 Å². The second kappa shape index (κ2) is 8.93. The molecule has 0 saturated carbocycles. The van der Waals surface area contributed by atoms with Gasteiger partial charge in [0.05, 0.1) is 0 Å². The van der Waals surface area contributed by atoms with Gasteiger partial charge in [0.25, 0.3) is 0 Å². The molecule has 20 heavy (non-hydrogen) atoms. The Labute approximate surface area is 124 Å². The van der Waals surface area contributed by atoms with Crippen LogP contribution in [0.2, 0.25) is 0 Å². The highest BCUT2D eigenvalue weighted by Gasteiger charge is 2.07. The molecule has 0 aliphatic rings. The van der Waals surface area contributed by atoms with Gasteiger partial charge >= 0.3 is 0 Å². The lowest BCUT2D eigenvalue weighted by Crippen LogP contribution is -2.26. The highest BCUT2D eigenvalue weighted by molar-refractivity contribution is 5.51. The molecule has 0 unspecified atom stereocenters. The van der Waals surface area contributed by atoms with Gasteiger partial charge in [0, 0.05) is 43.8 Å². The molecule has 1 aromatic rings. The van der Waals surface area contributed by atoms with E-state index in [0.29, 0.717) is 5.92 Å². The zero-order valence-electron chi connectivity index (χ0n) is 13.7. The first kappa shape index (κ1) is 16.9. The molecule has 0 atom stereocenters. The Kier molecular flexibility index (Phi) is 7.55. The van der Waals surface area contributed by atoms with Crippen LogP contribution in [-0.2, 0) is 6.54 Å². The average Bonchev–Trinajstić information content (AvgIpc) is 2.38. The van der Waals surface area contributed by atoms with Gasteiger partial charge in [-0.25, -0.2) is 0 Å². The van der Waals surface area contributed by atoms with E-state index in [9.17, 15) is 0 Å². The van der Waals surface area contributed by atoms with E-state index in [-0.39, 0.29) is 0 Å². The van der Waals surface area contributed by atoms with Crippen LogP contribution in [0.15, 0.2) is 18.5 Å². The number of hydrogen-bond donors (Lipinski definition) is 1. The van der Waals surface area contributed by atoms with Crippen LogP contribution in [0.4, 0.5) is 5.69 Å². The van der Waals surface area contributed by atoms with E-state index in [1.807, 2.05) is 12.4 Å². The van der Waals surface area contributed by atoms with E-state index in [1.165, 1.54) is 17.7 Å². The summed E-state index contributed by atoms with van der Waals surface area (Å²) in [7, 11) is 6.40. The summed E-state index contributed by atoms with van der Waals surface area (Å²) >= 11 is 0. The van der Waals surface area contributed by atoms with E-state index in [4.69, 9.17) is 0 Å². The number of nitrogens with zero attached hydrogens (tertiary/aromatic N) is 3. The highest BCUT2D eigenvalue weighted by Crippen LogP contribution is 2.18. The minimum Gasteiger partial charge on any atom is -0.374 e. The fourth-order valence-corrected chi connectivity index (χ4v) is 2.17. The fraction of sp³-hybridized carbons (Fsp3) is 0.688. The molecule has 0 bridgehead atoms. The van der Waals surface area contributed by atoms with Gasteiger partial charge in [0.1, 0.15) is 0 Å². The molecule has 1 rings (SSSR count). The second-order valence-corrected chi connectivity index (χ2v) is 6.11. The van der Waals surface area contributed by atoms with Gasteiger partial charge in [0.2, 0.25) is 0 Å². The highest BCUT2D eigenvalue weighted by atomic mass is 15.1. The van der Waals surface area contributed by atoms with Crippen molar-refractivity contribution in [3.8, 4) is 0 Å². The Hall–Kier alpha value is -1.13. The molecule has 4 nitrogen and oxygen atoms in total. The van der Waals surface area contributed by atoms with Crippen molar-refractivity contribution in [2.24, 2.45) is 5.92 Å². The maximum absolute atomic E-state index is 4.26. The lowest BCUT2D eigenvalue weighted by molar-refractivity contribution is 0.401. The largest absolute Gasteiger partial charge is 0.374 e. The molecule has 0 saturated heterocycles. The predicted molar refractivity (Wildman–Crippen MR) is 87.2 cm³/mol. The summed E-state index contributed by atoms with van der Waals surface area (Å²) in [6.45, 7) is 8.57. The molecular formula is C16H30N4. The second-order valence-electron chi connectivity index (χ2n) is 6.11. The molecule has 0 radical (unpaired) electrons. The third kappa shape index (κ3) is 6.35. The van der Waals surface area contributed by atoms with Crippen molar-refractivity contribution < 1.29 is 0 Å². The van der Waals surface area contributed by atoms with Crippen molar-refractivity contribution in [2.75, 3.05) is 45.7 Å². The van der Waals surface area contributed by atoms with Crippen molar-refractivity contribution in [1.29, 1.82) is 0 Å². The van der Waals surface area contributed by atoms with E-state index in [0.717, 1.165) is 26.2 Å². The summed E-state index contributed by atoms with van der Waals surface area (Å²) in [6, 6.07) is 2.11. The number of anilines is 1. The molecule has 0 aromatic carbocycles. The molecule has 1 heterocycles. The zero-order chi connectivity index (χ0) is 15.0. The molecule has 0 aliphatic heterocycles. The van der Waals surface area contributed by atoms with E-state index < -0.39 is 0 Å². The van der Waals surface area contributed by atoms with Crippen LogP contribution in [0.1, 0.15) is 25.8 Å².